The van der Waals surface area contributed by atoms with E-state index in [2.05, 4.69) is 4.98 Å². The zero-order valence-corrected chi connectivity index (χ0v) is 12.3. The van der Waals surface area contributed by atoms with Crippen LogP contribution in [0.4, 0.5) is 5.69 Å². The van der Waals surface area contributed by atoms with Crippen LogP contribution in [0.25, 0.3) is 11.1 Å². The third-order valence-electron chi connectivity index (χ3n) is 2.57. The van der Waals surface area contributed by atoms with Gasteiger partial charge in [-0.1, -0.05) is 40.9 Å². The third kappa shape index (κ3) is 2.65. The maximum Gasteiger partial charge on any atom is 0.288 e. The van der Waals surface area contributed by atoms with Crippen molar-refractivity contribution < 1.29 is 9.66 Å². The lowest BCUT2D eigenvalue weighted by molar-refractivity contribution is -0.385. The largest absolute Gasteiger partial charge is 0.481 e. The summed E-state index contributed by atoms with van der Waals surface area (Å²) in [5.41, 5.74) is 0.641. The molecule has 5 nitrogen and oxygen atoms in total. The van der Waals surface area contributed by atoms with Crippen LogP contribution in [0.5, 0.6) is 5.88 Å². The summed E-state index contributed by atoms with van der Waals surface area (Å²) in [4.78, 5) is 14.2. The normalized spacial score (nSPS) is 10.4. The lowest BCUT2D eigenvalue weighted by Crippen LogP contribution is -1.96. The summed E-state index contributed by atoms with van der Waals surface area (Å²) in [5.74, 6) is 0.205. The fourth-order valence-electron chi connectivity index (χ4n) is 1.63. The summed E-state index contributed by atoms with van der Waals surface area (Å²) in [5, 5.41) is 11.5. The van der Waals surface area contributed by atoms with Crippen molar-refractivity contribution in [2.45, 2.75) is 0 Å². The Kier molecular flexibility index (Phi) is 4.32. The Bertz CT molecular complexity index is 692. The zero-order chi connectivity index (χ0) is 14.9. The average molecular weight is 334 g/mol. The minimum atomic E-state index is -0.554. The molecule has 20 heavy (non-hydrogen) atoms. The van der Waals surface area contributed by atoms with Crippen molar-refractivity contribution in [2.75, 3.05) is 7.11 Å². The van der Waals surface area contributed by atoms with Crippen LogP contribution >= 0.6 is 34.8 Å². The van der Waals surface area contributed by atoms with Gasteiger partial charge in [0.05, 0.1) is 32.7 Å². The van der Waals surface area contributed by atoms with Crippen LogP contribution in [0.2, 0.25) is 15.1 Å². The first kappa shape index (κ1) is 14.8. The van der Waals surface area contributed by atoms with Gasteiger partial charge in [-0.15, -0.1) is 0 Å². The first-order valence-corrected chi connectivity index (χ1v) is 6.41. The van der Waals surface area contributed by atoms with Crippen LogP contribution < -0.4 is 4.74 Å². The van der Waals surface area contributed by atoms with Gasteiger partial charge in [-0.25, -0.2) is 4.98 Å². The van der Waals surface area contributed by atoms with Crippen molar-refractivity contribution in [2.24, 2.45) is 0 Å². The van der Waals surface area contributed by atoms with E-state index in [0.29, 0.717) is 11.1 Å². The maximum absolute atomic E-state index is 10.8. The Hall–Kier alpha value is -1.56. The van der Waals surface area contributed by atoms with Crippen LogP contribution in [0.15, 0.2) is 24.4 Å². The predicted molar refractivity (Wildman–Crippen MR) is 77.9 cm³/mol. The second kappa shape index (κ2) is 5.83. The van der Waals surface area contributed by atoms with E-state index >= 15 is 0 Å². The smallest absolute Gasteiger partial charge is 0.288 e. The average Bonchev–Trinajstić information content (AvgIpc) is 2.44. The lowest BCUT2D eigenvalue weighted by Gasteiger charge is -2.10. The summed E-state index contributed by atoms with van der Waals surface area (Å²) in [6.07, 6.45) is 1.10. The zero-order valence-electron chi connectivity index (χ0n) is 10.1. The standard InChI is InChI=1S/C12H7Cl3N2O3/c1-20-12-8(4-6(5-16-12)17(18)19)7-2-3-9(13)11(15)10(7)14/h2-5H,1H3. The number of methoxy groups -OCH3 is 1. The summed E-state index contributed by atoms with van der Waals surface area (Å²) in [6.45, 7) is 0. The van der Waals surface area contributed by atoms with Crippen LogP contribution in [0.1, 0.15) is 0 Å². The molecule has 0 saturated heterocycles. The van der Waals surface area contributed by atoms with Crippen molar-refractivity contribution in [1.82, 2.24) is 4.98 Å². The van der Waals surface area contributed by atoms with E-state index in [-0.39, 0.29) is 26.6 Å². The van der Waals surface area contributed by atoms with Gasteiger partial charge in [-0.05, 0) is 6.07 Å². The topological polar surface area (TPSA) is 65.3 Å². The number of benzene rings is 1. The number of aromatic nitrogens is 1. The minimum absolute atomic E-state index is 0.166. The molecule has 0 aliphatic carbocycles. The van der Waals surface area contributed by atoms with Crippen molar-refractivity contribution in [3.8, 4) is 17.0 Å². The molecule has 0 bridgehead atoms. The van der Waals surface area contributed by atoms with E-state index < -0.39 is 4.92 Å². The summed E-state index contributed by atoms with van der Waals surface area (Å²) < 4.78 is 5.09. The van der Waals surface area contributed by atoms with Gasteiger partial charge in [0.25, 0.3) is 5.69 Å². The molecule has 0 N–H and O–H groups in total. The molecule has 0 fully saturated rings. The number of halogens is 3. The second-order valence-corrected chi connectivity index (χ2v) is 4.89. The Morgan fingerprint density at radius 1 is 1.20 bits per heavy atom. The van der Waals surface area contributed by atoms with E-state index in [0.717, 1.165) is 6.20 Å². The molecule has 0 atom stereocenters. The molecule has 2 rings (SSSR count). The van der Waals surface area contributed by atoms with Gasteiger partial charge in [0.1, 0.15) is 6.20 Å². The van der Waals surface area contributed by atoms with Gasteiger partial charge in [0.2, 0.25) is 5.88 Å². The van der Waals surface area contributed by atoms with Crippen molar-refractivity contribution >= 4 is 40.5 Å². The second-order valence-electron chi connectivity index (χ2n) is 3.73. The Morgan fingerprint density at radius 3 is 2.50 bits per heavy atom. The van der Waals surface area contributed by atoms with Gasteiger partial charge in [-0.3, -0.25) is 10.1 Å². The van der Waals surface area contributed by atoms with Crippen molar-refractivity contribution in [3.63, 3.8) is 0 Å². The fraction of sp³-hybridized carbons (Fsp3) is 0.0833. The highest BCUT2D eigenvalue weighted by atomic mass is 35.5. The highest BCUT2D eigenvalue weighted by Gasteiger charge is 2.18. The molecule has 0 aliphatic heterocycles. The minimum Gasteiger partial charge on any atom is -0.481 e. The Balaban J connectivity index is 2.70. The summed E-state index contributed by atoms with van der Waals surface area (Å²) >= 11 is 18.0. The molecule has 8 heteroatoms. The molecule has 1 aromatic carbocycles. The summed E-state index contributed by atoms with van der Waals surface area (Å²) in [7, 11) is 1.41. The van der Waals surface area contributed by atoms with E-state index in [4.69, 9.17) is 39.5 Å². The predicted octanol–water partition coefficient (Wildman–Crippen LogP) is 4.63. The first-order chi connectivity index (χ1) is 9.45. The quantitative estimate of drug-likeness (QED) is 0.467. The molecule has 0 radical (unpaired) electrons. The molecule has 0 spiro atoms. The number of hydrogen-bond acceptors (Lipinski definition) is 4. The molecule has 1 aromatic heterocycles. The number of nitrogens with zero attached hydrogens (tertiary/aromatic N) is 2. The third-order valence-corrected chi connectivity index (χ3v) is 3.86. The SMILES string of the molecule is COc1ncc([N+](=O)[O-])cc1-c1ccc(Cl)c(Cl)c1Cl. The van der Waals surface area contributed by atoms with Gasteiger partial charge in [-0.2, -0.15) is 0 Å². The highest BCUT2D eigenvalue weighted by molar-refractivity contribution is 6.49. The number of ether oxygens (including phenoxy) is 1. The molecule has 0 unspecified atom stereocenters. The molecule has 1 heterocycles. The fourth-order valence-corrected chi connectivity index (χ4v) is 2.27. The van der Waals surface area contributed by atoms with E-state index in [1.54, 1.807) is 12.1 Å². The Labute approximate surface area is 129 Å². The highest BCUT2D eigenvalue weighted by Crippen LogP contribution is 2.41. The summed E-state index contributed by atoms with van der Waals surface area (Å²) in [6, 6.07) is 4.46. The first-order valence-electron chi connectivity index (χ1n) is 5.28. The van der Waals surface area contributed by atoms with E-state index in [1.807, 2.05) is 0 Å². The van der Waals surface area contributed by atoms with Crippen molar-refractivity contribution in [3.05, 3.63) is 49.6 Å². The van der Waals surface area contributed by atoms with Gasteiger partial charge in [0.15, 0.2) is 0 Å². The van der Waals surface area contributed by atoms with Gasteiger partial charge in [0, 0.05) is 11.6 Å². The van der Waals surface area contributed by atoms with Gasteiger partial charge < -0.3 is 4.74 Å². The van der Waals surface area contributed by atoms with E-state index in [1.165, 1.54) is 13.2 Å². The van der Waals surface area contributed by atoms with Crippen LogP contribution in [-0.2, 0) is 0 Å². The van der Waals surface area contributed by atoms with Crippen molar-refractivity contribution in [1.29, 1.82) is 0 Å². The number of nitro groups is 1. The van der Waals surface area contributed by atoms with E-state index in [9.17, 15) is 10.1 Å². The molecule has 0 amide bonds. The monoisotopic (exact) mass is 332 g/mol. The van der Waals surface area contributed by atoms with Gasteiger partial charge >= 0.3 is 0 Å². The molecule has 0 aliphatic rings. The van der Waals surface area contributed by atoms with Crippen LogP contribution in [0.3, 0.4) is 0 Å². The number of hydrogen-bond donors (Lipinski definition) is 0. The maximum atomic E-state index is 10.8. The Morgan fingerprint density at radius 2 is 1.90 bits per heavy atom. The molecule has 2 aromatic rings. The number of pyridine rings is 1. The lowest BCUT2D eigenvalue weighted by atomic mass is 10.1. The van der Waals surface area contributed by atoms with Crippen LogP contribution in [0, 0.1) is 10.1 Å². The van der Waals surface area contributed by atoms with Crippen LogP contribution in [-0.4, -0.2) is 17.0 Å². The molecular formula is C12H7Cl3N2O3. The molecule has 104 valence electrons. The number of rotatable bonds is 3. The molecule has 0 saturated carbocycles. The molecular weight excluding hydrogens is 327 g/mol.